The van der Waals surface area contributed by atoms with Gasteiger partial charge in [0.2, 0.25) is 0 Å². The van der Waals surface area contributed by atoms with Crippen LogP contribution >= 0.6 is 15.9 Å². The van der Waals surface area contributed by atoms with Gasteiger partial charge in [-0.25, -0.2) is 0 Å². The summed E-state index contributed by atoms with van der Waals surface area (Å²) in [6, 6.07) is 5.87. The molecule has 114 valence electrons. The van der Waals surface area contributed by atoms with E-state index in [0.29, 0.717) is 11.4 Å². The van der Waals surface area contributed by atoms with Crippen molar-refractivity contribution >= 4 is 27.3 Å². The first-order chi connectivity index (χ1) is 10.2. The lowest BCUT2D eigenvalue weighted by Gasteiger charge is -2.45. The van der Waals surface area contributed by atoms with Crippen LogP contribution in [-0.2, 0) is 5.33 Å². The highest BCUT2D eigenvalue weighted by atomic mass is 79.9. The Morgan fingerprint density at radius 1 is 1.29 bits per heavy atom. The maximum atomic E-state index is 10.9. The number of nitro benzene ring substituents is 1. The molecule has 0 spiro atoms. The fraction of sp³-hybridized carbons (Fsp3) is 0.600. The van der Waals surface area contributed by atoms with Crippen molar-refractivity contribution in [1.29, 1.82) is 0 Å². The second-order valence-corrected chi connectivity index (χ2v) is 6.40. The summed E-state index contributed by atoms with van der Waals surface area (Å²) in [5.41, 5.74) is 2.32. The van der Waals surface area contributed by atoms with E-state index in [1.54, 1.807) is 12.1 Å². The number of halogens is 1. The lowest BCUT2D eigenvalue weighted by atomic mass is 9.98. The molecule has 0 saturated carbocycles. The maximum absolute atomic E-state index is 10.9. The van der Waals surface area contributed by atoms with Crippen molar-refractivity contribution in [2.45, 2.75) is 30.6 Å². The Labute approximate surface area is 133 Å². The molecule has 0 N–H and O–H groups in total. The summed E-state index contributed by atoms with van der Waals surface area (Å²) in [6.45, 7) is 4.37. The molecule has 1 aromatic rings. The third-order valence-electron chi connectivity index (χ3n) is 4.60. The standard InChI is InChI=1S/C15H20BrN3O2/c16-10-12-9-13(19(20)21)4-5-15(12)18-8-7-17-6-2-1-3-14(17)11-18/h4-5,9,14H,1-3,6-8,10-11H2. The molecule has 21 heavy (non-hydrogen) atoms. The van der Waals surface area contributed by atoms with Crippen molar-refractivity contribution in [2.75, 3.05) is 31.1 Å². The van der Waals surface area contributed by atoms with Gasteiger partial charge in [-0.05, 0) is 31.0 Å². The number of rotatable bonds is 3. The van der Waals surface area contributed by atoms with Crippen LogP contribution in [-0.4, -0.2) is 42.0 Å². The average molecular weight is 354 g/mol. The lowest BCUT2D eigenvalue weighted by molar-refractivity contribution is -0.384. The van der Waals surface area contributed by atoms with Gasteiger partial charge in [0, 0.05) is 48.8 Å². The Kier molecular flexibility index (Phi) is 4.45. The van der Waals surface area contributed by atoms with Crippen molar-refractivity contribution < 1.29 is 4.92 Å². The minimum atomic E-state index is -0.324. The zero-order valence-corrected chi connectivity index (χ0v) is 13.6. The van der Waals surface area contributed by atoms with E-state index in [0.717, 1.165) is 30.9 Å². The smallest absolute Gasteiger partial charge is 0.269 e. The van der Waals surface area contributed by atoms with Crippen molar-refractivity contribution in [3.8, 4) is 0 Å². The largest absolute Gasteiger partial charge is 0.368 e. The third-order valence-corrected chi connectivity index (χ3v) is 5.20. The number of nitro groups is 1. The number of nitrogens with zero attached hydrogens (tertiary/aromatic N) is 3. The third kappa shape index (κ3) is 3.06. The zero-order valence-electron chi connectivity index (χ0n) is 12.0. The molecular weight excluding hydrogens is 334 g/mol. The number of fused-ring (bicyclic) bond motifs is 1. The van der Waals surface area contributed by atoms with Gasteiger partial charge in [-0.1, -0.05) is 22.4 Å². The molecule has 2 aliphatic heterocycles. The lowest BCUT2D eigenvalue weighted by Crippen LogP contribution is -2.55. The van der Waals surface area contributed by atoms with Gasteiger partial charge in [-0.2, -0.15) is 0 Å². The average Bonchev–Trinajstić information content (AvgIpc) is 2.53. The summed E-state index contributed by atoms with van der Waals surface area (Å²) in [4.78, 5) is 15.6. The SMILES string of the molecule is O=[N+]([O-])c1ccc(N2CCN3CCCCC3C2)c(CBr)c1. The van der Waals surface area contributed by atoms with Gasteiger partial charge in [0.25, 0.3) is 5.69 Å². The van der Waals surface area contributed by atoms with Gasteiger partial charge in [-0.3, -0.25) is 15.0 Å². The van der Waals surface area contributed by atoms with Gasteiger partial charge >= 0.3 is 0 Å². The number of hydrogen-bond acceptors (Lipinski definition) is 4. The summed E-state index contributed by atoms with van der Waals surface area (Å²) in [5, 5.41) is 11.6. The highest BCUT2D eigenvalue weighted by Crippen LogP contribution is 2.30. The Morgan fingerprint density at radius 2 is 2.14 bits per heavy atom. The van der Waals surface area contributed by atoms with E-state index < -0.39 is 0 Å². The predicted octanol–water partition coefficient (Wildman–Crippen LogP) is 3.16. The minimum Gasteiger partial charge on any atom is -0.368 e. The Bertz CT molecular complexity index is 538. The van der Waals surface area contributed by atoms with Gasteiger partial charge in [0.1, 0.15) is 0 Å². The summed E-state index contributed by atoms with van der Waals surface area (Å²) < 4.78 is 0. The van der Waals surface area contributed by atoms with E-state index in [4.69, 9.17) is 0 Å². The van der Waals surface area contributed by atoms with Crippen LogP contribution in [0, 0.1) is 10.1 Å². The van der Waals surface area contributed by atoms with Gasteiger partial charge in [0.05, 0.1) is 4.92 Å². The number of hydrogen-bond donors (Lipinski definition) is 0. The fourth-order valence-corrected chi connectivity index (χ4v) is 3.92. The van der Waals surface area contributed by atoms with Crippen LogP contribution in [0.25, 0.3) is 0 Å². The quantitative estimate of drug-likeness (QED) is 0.475. The Morgan fingerprint density at radius 3 is 2.90 bits per heavy atom. The van der Waals surface area contributed by atoms with Gasteiger partial charge < -0.3 is 4.90 Å². The van der Waals surface area contributed by atoms with Crippen LogP contribution in [0.15, 0.2) is 18.2 Å². The van der Waals surface area contributed by atoms with E-state index in [1.165, 1.54) is 25.8 Å². The molecule has 5 nitrogen and oxygen atoms in total. The number of piperidine rings is 1. The van der Waals surface area contributed by atoms with Crippen molar-refractivity contribution in [3.63, 3.8) is 0 Å². The molecular formula is C15H20BrN3O2. The molecule has 2 aliphatic rings. The number of alkyl halides is 1. The minimum absolute atomic E-state index is 0.171. The van der Waals surface area contributed by atoms with Crippen LogP contribution < -0.4 is 4.90 Å². The van der Waals surface area contributed by atoms with Gasteiger partial charge in [0.15, 0.2) is 0 Å². The molecule has 3 rings (SSSR count). The van der Waals surface area contributed by atoms with Crippen molar-refractivity contribution in [1.82, 2.24) is 4.90 Å². The van der Waals surface area contributed by atoms with Crippen LogP contribution in [0.1, 0.15) is 24.8 Å². The first kappa shape index (κ1) is 14.8. The molecule has 0 amide bonds. The number of benzene rings is 1. The number of piperazine rings is 1. The second kappa shape index (κ2) is 6.32. The molecule has 1 unspecified atom stereocenters. The van der Waals surface area contributed by atoms with E-state index in [9.17, 15) is 10.1 Å². The zero-order chi connectivity index (χ0) is 14.8. The van der Waals surface area contributed by atoms with Crippen molar-refractivity contribution in [3.05, 3.63) is 33.9 Å². The molecule has 2 saturated heterocycles. The van der Waals surface area contributed by atoms with E-state index >= 15 is 0 Å². The molecule has 0 aliphatic carbocycles. The van der Waals surface area contributed by atoms with Crippen molar-refractivity contribution in [2.24, 2.45) is 0 Å². The first-order valence-corrected chi connectivity index (χ1v) is 8.63. The maximum Gasteiger partial charge on any atom is 0.269 e. The van der Waals surface area contributed by atoms with E-state index in [1.807, 2.05) is 6.07 Å². The molecule has 0 bridgehead atoms. The Hall–Kier alpha value is -1.14. The number of anilines is 1. The molecule has 1 atom stereocenters. The summed E-state index contributed by atoms with van der Waals surface area (Å²) in [6.07, 6.45) is 3.91. The van der Waals surface area contributed by atoms with E-state index in [-0.39, 0.29) is 10.6 Å². The highest BCUT2D eigenvalue weighted by molar-refractivity contribution is 9.08. The summed E-state index contributed by atoms with van der Waals surface area (Å²) in [5.74, 6) is 0. The van der Waals surface area contributed by atoms with E-state index in [2.05, 4.69) is 25.7 Å². The van der Waals surface area contributed by atoms with Crippen LogP contribution in [0.2, 0.25) is 0 Å². The predicted molar refractivity (Wildman–Crippen MR) is 87.2 cm³/mol. The summed E-state index contributed by atoms with van der Waals surface area (Å²) in [7, 11) is 0. The van der Waals surface area contributed by atoms with Crippen LogP contribution in [0.3, 0.4) is 0 Å². The monoisotopic (exact) mass is 353 g/mol. The Balaban J connectivity index is 1.81. The molecule has 2 fully saturated rings. The summed E-state index contributed by atoms with van der Waals surface area (Å²) >= 11 is 3.47. The fourth-order valence-electron chi connectivity index (χ4n) is 3.48. The molecule has 1 aromatic carbocycles. The van der Waals surface area contributed by atoms with Gasteiger partial charge in [-0.15, -0.1) is 0 Å². The molecule has 0 aromatic heterocycles. The number of non-ortho nitro benzene ring substituents is 1. The normalized spacial score (nSPS) is 22.9. The molecule has 2 heterocycles. The molecule has 0 radical (unpaired) electrons. The molecule has 6 heteroatoms. The van der Waals surface area contributed by atoms with Crippen LogP contribution in [0.4, 0.5) is 11.4 Å². The second-order valence-electron chi connectivity index (χ2n) is 5.84. The first-order valence-electron chi connectivity index (χ1n) is 7.51. The van der Waals surface area contributed by atoms with Crippen LogP contribution in [0.5, 0.6) is 0 Å². The highest BCUT2D eigenvalue weighted by Gasteiger charge is 2.29. The topological polar surface area (TPSA) is 49.6 Å².